The average molecular weight is 506 g/mol. The van der Waals surface area contributed by atoms with Gasteiger partial charge in [-0.05, 0) is 0 Å². The second-order valence-electron chi connectivity index (χ2n) is 8.43. The van der Waals surface area contributed by atoms with Crippen LogP contribution in [0.1, 0.15) is 73.1 Å². The van der Waals surface area contributed by atoms with Gasteiger partial charge in [0.25, 0.3) is 0 Å². The Morgan fingerprint density at radius 2 is 1.38 bits per heavy atom. The summed E-state index contributed by atoms with van der Waals surface area (Å²) in [4.78, 5) is 15.6. The first-order valence-corrected chi connectivity index (χ1v) is 19.4. The molecule has 29 heavy (non-hydrogen) atoms. The molecule has 0 aliphatic carbocycles. The number of hydrogen-bond acceptors (Lipinski definition) is 3. The van der Waals surface area contributed by atoms with Crippen LogP contribution in [-0.4, -0.2) is 31.5 Å². The Bertz CT molecular complexity index is 788. The predicted molar refractivity (Wildman–Crippen MR) is 131 cm³/mol. The van der Waals surface area contributed by atoms with Gasteiger partial charge in [0, 0.05) is 0 Å². The Kier molecular flexibility index (Phi) is 10.1. The minimum absolute atomic E-state index is 0.0340. The van der Waals surface area contributed by atoms with Crippen molar-refractivity contribution in [2.75, 3.05) is 18.0 Å². The first kappa shape index (κ1) is 24.3. The first-order chi connectivity index (χ1) is 14.0. The fourth-order valence-electron chi connectivity index (χ4n) is 4.58. The Morgan fingerprint density at radius 3 is 1.86 bits per heavy atom. The van der Waals surface area contributed by atoms with Crippen molar-refractivity contribution in [3.63, 3.8) is 0 Å². The summed E-state index contributed by atoms with van der Waals surface area (Å²) in [6, 6.07) is 8.63. The molecule has 2 rings (SSSR count). The molecule has 0 aliphatic rings. The monoisotopic (exact) mass is 507 g/mol. The summed E-state index contributed by atoms with van der Waals surface area (Å²) in [5.41, 5.74) is 1.84. The molecule has 4 heteroatoms. The van der Waals surface area contributed by atoms with Crippen LogP contribution in [0.2, 0.25) is 13.3 Å². The van der Waals surface area contributed by atoms with Gasteiger partial charge < -0.3 is 0 Å². The van der Waals surface area contributed by atoms with Gasteiger partial charge >= 0.3 is 182 Å². The summed E-state index contributed by atoms with van der Waals surface area (Å²) in [7, 11) is 0. The van der Waals surface area contributed by atoms with Gasteiger partial charge in [0.15, 0.2) is 0 Å². The summed E-state index contributed by atoms with van der Waals surface area (Å²) < 4.78 is 11.0. The standard InChI is InChI=1S/C13H14NO2.3C4H9.Sn/c1-3-14(4-2)11-7-5-10-6-8-13(15)16-12(10)9-11;3*1-3-4-2;/h5-7,9H,3-4H2,1-2H3;3*1,3-4H2,2H3;. The Hall–Kier alpha value is -0.971. The number of benzene rings is 1. The van der Waals surface area contributed by atoms with Crippen LogP contribution in [-0.2, 0) is 0 Å². The number of fused-ring (bicyclic) bond motifs is 1. The molecule has 2 aromatic rings. The van der Waals surface area contributed by atoms with E-state index in [1.165, 1.54) is 51.8 Å². The molecule has 0 saturated carbocycles. The summed E-state index contributed by atoms with van der Waals surface area (Å²) in [5.74, 6) is 0. The van der Waals surface area contributed by atoms with Crippen molar-refractivity contribution in [1.82, 2.24) is 0 Å². The average Bonchev–Trinajstić information content (AvgIpc) is 2.74. The zero-order chi connectivity index (χ0) is 21.3. The van der Waals surface area contributed by atoms with Crippen molar-refractivity contribution in [1.29, 1.82) is 0 Å². The van der Waals surface area contributed by atoms with Gasteiger partial charge in [-0.25, -0.2) is 0 Å². The Labute approximate surface area is 181 Å². The third kappa shape index (κ3) is 6.02. The van der Waals surface area contributed by atoms with E-state index in [9.17, 15) is 4.79 Å². The van der Waals surface area contributed by atoms with Crippen LogP contribution in [0.3, 0.4) is 0 Å². The molecule has 0 fully saturated rings. The van der Waals surface area contributed by atoms with E-state index in [-0.39, 0.29) is 5.63 Å². The second kappa shape index (κ2) is 12.0. The number of nitrogens with zero attached hydrogens (tertiary/aromatic N) is 1. The van der Waals surface area contributed by atoms with Crippen molar-refractivity contribution in [2.24, 2.45) is 0 Å². The SMILES string of the molecule is CCC[CH2][Sn]([CH2]CCC)([CH2]CCC)[c]1cc2ccc(N(CC)CC)cc2oc1=O. The van der Waals surface area contributed by atoms with Crippen molar-refractivity contribution in [3.05, 3.63) is 34.7 Å². The fourth-order valence-corrected chi connectivity index (χ4v) is 20.5. The normalized spacial score (nSPS) is 11.9. The minimum atomic E-state index is -2.79. The van der Waals surface area contributed by atoms with E-state index in [0.29, 0.717) is 0 Å². The first-order valence-electron chi connectivity index (χ1n) is 11.9. The zero-order valence-electron chi connectivity index (χ0n) is 19.4. The molecular weight excluding hydrogens is 465 g/mol. The third-order valence-electron chi connectivity index (χ3n) is 6.45. The maximum atomic E-state index is 13.3. The molecule has 0 bridgehead atoms. The summed E-state index contributed by atoms with van der Waals surface area (Å²) in [5, 5.41) is 1.10. The molecule has 3 nitrogen and oxygen atoms in total. The molecule has 0 unspecified atom stereocenters. The molecule has 0 saturated heterocycles. The maximum absolute atomic E-state index is 13.3. The van der Waals surface area contributed by atoms with E-state index < -0.39 is 18.4 Å². The molecular formula is C25H41NO2Sn. The van der Waals surface area contributed by atoms with Crippen molar-refractivity contribution in [3.8, 4) is 0 Å². The van der Waals surface area contributed by atoms with E-state index in [2.05, 4.69) is 63.8 Å². The number of rotatable bonds is 13. The van der Waals surface area contributed by atoms with Gasteiger partial charge in [-0.1, -0.05) is 0 Å². The number of unbranched alkanes of at least 4 members (excludes halogenated alkanes) is 3. The van der Waals surface area contributed by atoms with Gasteiger partial charge in [0.05, 0.1) is 0 Å². The quantitative estimate of drug-likeness (QED) is 0.224. The van der Waals surface area contributed by atoms with Crippen LogP contribution in [0.4, 0.5) is 5.69 Å². The molecule has 162 valence electrons. The Morgan fingerprint density at radius 1 is 0.828 bits per heavy atom. The van der Waals surface area contributed by atoms with Crippen LogP contribution in [0.15, 0.2) is 33.5 Å². The molecule has 1 heterocycles. The van der Waals surface area contributed by atoms with Gasteiger partial charge in [0.1, 0.15) is 0 Å². The van der Waals surface area contributed by atoms with E-state index >= 15 is 0 Å². The van der Waals surface area contributed by atoms with Crippen LogP contribution >= 0.6 is 0 Å². The predicted octanol–water partition coefficient (Wildman–Crippen LogP) is 6.70. The molecule has 0 radical (unpaired) electrons. The molecule has 1 aromatic heterocycles. The van der Waals surface area contributed by atoms with Crippen LogP contribution in [0.5, 0.6) is 0 Å². The van der Waals surface area contributed by atoms with Gasteiger partial charge in [-0.2, -0.15) is 0 Å². The summed E-state index contributed by atoms with van der Waals surface area (Å²) in [6.45, 7) is 13.0. The summed E-state index contributed by atoms with van der Waals surface area (Å²) in [6.07, 6.45) is 7.39. The fraction of sp³-hybridized carbons (Fsp3) is 0.640. The van der Waals surface area contributed by atoms with Crippen LogP contribution < -0.4 is 14.1 Å². The van der Waals surface area contributed by atoms with E-state index in [4.69, 9.17) is 4.42 Å². The van der Waals surface area contributed by atoms with Gasteiger partial charge in [-0.3, -0.25) is 0 Å². The molecule has 0 amide bonds. The third-order valence-corrected chi connectivity index (χ3v) is 21.9. The molecule has 0 atom stereocenters. The van der Waals surface area contributed by atoms with E-state index in [1.807, 2.05) is 0 Å². The van der Waals surface area contributed by atoms with Crippen LogP contribution in [0.25, 0.3) is 11.0 Å². The van der Waals surface area contributed by atoms with Gasteiger partial charge in [0.2, 0.25) is 0 Å². The molecule has 0 aliphatic heterocycles. The second-order valence-corrected chi connectivity index (χ2v) is 21.6. The van der Waals surface area contributed by atoms with Crippen molar-refractivity contribution >= 4 is 38.6 Å². The van der Waals surface area contributed by atoms with E-state index in [1.54, 1.807) is 0 Å². The molecule has 1 aromatic carbocycles. The number of anilines is 1. The summed E-state index contributed by atoms with van der Waals surface area (Å²) >= 11 is -2.79. The molecule has 0 N–H and O–H groups in total. The molecule has 0 spiro atoms. The zero-order valence-corrected chi connectivity index (χ0v) is 22.2. The van der Waals surface area contributed by atoms with Crippen molar-refractivity contribution in [2.45, 2.75) is 86.5 Å². The number of hydrogen-bond donors (Lipinski definition) is 0. The van der Waals surface area contributed by atoms with Crippen LogP contribution in [0, 0.1) is 0 Å². The topological polar surface area (TPSA) is 33.5 Å². The van der Waals surface area contributed by atoms with Gasteiger partial charge in [-0.15, -0.1) is 0 Å². The van der Waals surface area contributed by atoms with E-state index in [0.717, 1.165) is 33.3 Å². The Balaban J connectivity index is 2.56. The van der Waals surface area contributed by atoms with Crippen molar-refractivity contribution < 1.29 is 4.42 Å².